The van der Waals surface area contributed by atoms with Gasteiger partial charge in [0.05, 0.1) is 0 Å². The molecule has 0 amide bonds. The summed E-state index contributed by atoms with van der Waals surface area (Å²) in [6.07, 6.45) is 3.29. The molecule has 0 bridgehead atoms. The second kappa shape index (κ2) is 7.44. The van der Waals surface area contributed by atoms with Crippen LogP contribution in [0.5, 0.6) is 0 Å². The number of thioether (sulfide) groups is 1. The van der Waals surface area contributed by atoms with Crippen LogP contribution in [0, 0.1) is 0 Å². The number of rotatable bonds is 6. The van der Waals surface area contributed by atoms with Crippen LogP contribution in [0.4, 0.5) is 0 Å². The molecule has 0 radical (unpaired) electrons. The Hall–Kier alpha value is 0.110. The fourth-order valence-corrected chi connectivity index (χ4v) is 2.22. The van der Waals surface area contributed by atoms with Crippen molar-refractivity contribution in [1.82, 2.24) is 5.32 Å². The summed E-state index contributed by atoms with van der Waals surface area (Å²) >= 11 is 14.0. The Morgan fingerprint density at radius 3 is 2.50 bits per heavy atom. The van der Waals surface area contributed by atoms with Gasteiger partial charge in [0.25, 0.3) is 0 Å². The Kier molecular flexibility index (Phi) is 6.59. The van der Waals surface area contributed by atoms with Crippen LogP contribution in [0.3, 0.4) is 0 Å². The van der Waals surface area contributed by atoms with Crippen LogP contribution in [-0.4, -0.2) is 18.1 Å². The molecule has 1 aromatic carbocycles. The lowest BCUT2D eigenvalue weighted by molar-refractivity contribution is 0.648. The van der Waals surface area contributed by atoms with E-state index in [1.54, 1.807) is 0 Å². The monoisotopic (exact) mass is 277 g/mol. The van der Waals surface area contributed by atoms with Gasteiger partial charge in [-0.05, 0) is 31.4 Å². The van der Waals surface area contributed by atoms with E-state index in [1.165, 1.54) is 0 Å². The first-order chi connectivity index (χ1) is 7.65. The summed E-state index contributed by atoms with van der Waals surface area (Å²) in [5.74, 6) is 0. The van der Waals surface area contributed by atoms with Gasteiger partial charge in [-0.25, -0.2) is 0 Å². The molecule has 16 heavy (non-hydrogen) atoms. The maximum atomic E-state index is 6.07. The Labute approximate surface area is 112 Å². The number of benzene rings is 1. The highest BCUT2D eigenvalue weighted by atomic mass is 35.5. The quantitative estimate of drug-likeness (QED) is 0.782. The third-order valence-corrected chi connectivity index (χ3v) is 4.24. The van der Waals surface area contributed by atoms with E-state index in [0.717, 1.165) is 35.1 Å². The average Bonchev–Trinajstić information content (AvgIpc) is 2.27. The first kappa shape index (κ1) is 14.2. The Morgan fingerprint density at radius 1 is 1.31 bits per heavy atom. The fourth-order valence-electron chi connectivity index (χ4n) is 1.34. The molecule has 0 aromatic heterocycles. The molecule has 1 atom stereocenters. The van der Waals surface area contributed by atoms with Crippen LogP contribution in [0.15, 0.2) is 18.2 Å². The molecule has 0 heterocycles. The van der Waals surface area contributed by atoms with Gasteiger partial charge in [-0.1, -0.05) is 36.2 Å². The summed E-state index contributed by atoms with van der Waals surface area (Å²) in [5, 5.41) is 5.52. The van der Waals surface area contributed by atoms with Gasteiger partial charge in [0.15, 0.2) is 0 Å². The summed E-state index contributed by atoms with van der Waals surface area (Å²) in [4.78, 5) is 0. The molecule has 1 unspecified atom stereocenters. The number of nitrogens with one attached hydrogen (secondary N) is 1. The van der Waals surface area contributed by atoms with Crippen LogP contribution in [0.2, 0.25) is 10.0 Å². The van der Waals surface area contributed by atoms with Crippen molar-refractivity contribution in [1.29, 1.82) is 0 Å². The number of halogens is 2. The molecule has 0 aliphatic carbocycles. The maximum Gasteiger partial charge on any atom is 0.0465 e. The van der Waals surface area contributed by atoms with Gasteiger partial charge in [0.2, 0.25) is 0 Å². The Balaban J connectivity index is 2.37. The van der Waals surface area contributed by atoms with E-state index >= 15 is 0 Å². The molecule has 0 saturated heterocycles. The Morgan fingerprint density at radius 2 is 1.94 bits per heavy atom. The van der Waals surface area contributed by atoms with Crippen molar-refractivity contribution >= 4 is 35.0 Å². The van der Waals surface area contributed by atoms with Gasteiger partial charge in [-0.2, -0.15) is 11.8 Å². The minimum atomic E-state index is 0.689. The molecule has 0 aliphatic heterocycles. The molecular formula is C12H17Cl2NS. The predicted molar refractivity (Wildman–Crippen MR) is 75.8 cm³/mol. The number of hydrogen-bond acceptors (Lipinski definition) is 2. The van der Waals surface area contributed by atoms with Crippen molar-refractivity contribution in [3.8, 4) is 0 Å². The summed E-state index contributed by atoms with van der Waals surface area (Å²) in [6.45, 7) is 3.96. The predicted octanol–water partition coefficient (Wildman–Crippen LogP) is 4.22. The highest BCUT2D eigenvalue weighted by molar-refractivity contribution is 7.99. The highest BCUT2D eigenvalue weighted by Crippen LogP contribution is 2.23. The standard InChI is InChI=1S/C12H17Cl2NS/c1-9(16-2)6-7-15-8-10-11(13)4-3-5-12(10)14/h3-5,9,15H,6-8H2,1-2H3. The van der Waals surface area contributed by atoms with Gasteiger partial charge >= 0.3 is 0 Å². The third-order valence-electron chi connectivity index (χ3n) is 2.49. The van der Waals surface area contributed by atoms with Gasteiger partial charge in [-0.15, -0.1) is 0 Å². The molecule has 1 rings (SSSR count). The van der Waals surface area contributed by atoms with Crippen molar-refractivity contribution < 1.29 is 0 Å². The van der Waals surface area contributed by atoms with Crippen molar-refractivity contribution in [3.05, 3.63) is 33.8 Å². The third kappa shape index (κ3) is 4.54. The Bertz CT molecular complexity index is 311. The van der Waals surface area contributed by atoms with Gasteiger partial charge in [-0.3, -0.25) is 0 Å². The zero-order valence-corrected chi connectivity index (χ0v) is 11.9. The lowest BCUT2D eigenvalue weighted by atomic mass is 10.2. The van der Waals surface area contributed by atoms with Crippen molar-refractivity contribution in [2.24, 2.45) is 0 Å². The van der Waals surface area contributed by atoms with Crippen molar-refractivity contribution in [2.45, 2.75) is 25.1 Å². The van der Waals surface area contributed by atoms with Gasteiger partial charge in [0, 0.05) is 27.4 Å². The zero-order chi connectivity index (χ0) is 12.0. The van der Waals surface area contributed by atoms with Gasteiger partial charge in [0.1, 0.15) is 0 Å². The molecule has 0 saturated carbocycles. The smallest absolute Gasteiger partial charge is 0.0465 e. The summed E-state index contributed by atoms with van der Waals surface area (Å²) in [6, 6.07) is 5.61. The molecule has 0 fully saturated rings. The molecular weight excluding hydrogens is 261 g/mol. The topological polar surface area (TPSA) is 12.0 Å². The normalized spacial score (nSPS) is 12.8. The van der Waals surface area contributed by atoms with E-state index in [1.807, 2.05) is 30.0 Å². The van der Waals surface area contributed by atoms with E-state index < -0.39 is 0 Å². The van der Waals surface area contributed by atoms with E-state index in [0.29, 0.717) is 5.25 Å². The summed E-state index contributed by atoms with van der Waals surface area (Å²) in [5.41, 5.74) is 0.989. The van der Waals surface area contributed by atoms with Crippen LogP contribution >= 0.6 is 35.0 Å². The molecule has 1 N–H and O–H groups in total. The van der Waals surface area contributed by atoms with Crippen molar-refractivity contribution in [2.75, 3.05) is 12.8 Å². The average molecular weight is 278 g/mol. The lowest BCUT2D eigenvalue weighted by Gasteiger charge is -2.11. The maximum absolute atomic E-state index is 6.07. The van der Waals surface area contributed by atoms with E-state index in [4.69, 9.17) is 23.2 Å². The second-order valence-corrected chi connectivity index (χ2v) is 5.80. The minimum absolute atomic E-state index is 0.689. The van der Waals surface area contributed by atoms with Crippen molar-refractivity contribution in [3.63, 3.8) is 0 Å². The van der Waals surface area contributed by atoms with Gasteiger partial charge < -0.3 is 5.32 Å². The first-order valence-electron chi connectivity index (χ1n) is 5.31. The van der Waals surface area contributed by atoms with Crippen LogP contribution in [0.1, 0.15) is 18.9 Å². The zero-order valence-electron chi connectivity index (χ0n) is 9.59. The molecule has 0 spiro atoms. The molecule has 1 aromatic rings. The van der Waals surface area contributed by atoms with Crippen LogP contribution in [-0.2, 0) is 6.54 Å². The van der Waals surface area contributed by atoms with E-state index in [-0.39, 0.29) is 0 Å². The fraction of sp³-hybridized carbons (Fsp3) is 0.500. The summed E-state index contributed by atoms with van der Waals surface area (Å²) in [7, 11) is 0. The highest BCUT2D eigenvalue weighted by Gasteiger charge is 2.05. The minimum Gasteiger partial charge on any atom is -0.313 e. The van der Waals surface area contributed by atoms with E-state index in [2.05, 4.69) is 18.5 Å². The van der Waals surface area contributed by atoms with Crippen LogP contribution < -0.4 is 5.32 Å². The van der Waals surface area contributed by atoms with E-state index in [9.17, 15) is 0 Å². The molecule has 90 valence electrons. The SMILES string of the molecule is CSC(C)CCNCc1c(Cl)cccc1Cl. The summed E-state index contributed by atoms with van der Waals surface area (Å²) < 4.78 is 0. The first-order valence-corrected chi connectivity index (χ1v) is 7.36. The molecule has 0 aliphatic rings. The number of hydrogen-bond donors (Lipinski definition) is 1. The lowest BCUT2D eigenvalue weighted by Crippen LogP contribution is -2.18. The van der Waals surface area contributed by atoms with Crippen LogP contribution in [0.25, 0.3) is 0 Å². The second-order valence-electron chi connectivity index (χ2n) is 3.71. The largest absolute Gasteiger partial charge is 0.313 e. The molecule has 4 heteroatoms. The molecule has 1 nitrogen and oxygen atoms in total.